The van der Waals surface area contributed by atoms with Gasteiger partial charge in [0, 0.05) is 24.1 Å². The minimum atomic E-state index is -0.292. The first-order valence-corrected chi connectivity index (χ1v) is 6.64. The minimum Gasteiger partial charge on any atom is -0.398 e. The van der Waals surface area contributed by atoms with E-state index in [-0.39, 0.29) is 11.7 Å². The topological polar surface area (TPSA) is 68.0 Å². The molecule has 4 nitrogen and oxygen atoms in total. The molecule has 0 saturated carbocycles. The van der Waals surface area contributed by atoms with Crippen LogP contribution in [0, 0.1) is 26.6 Å². The first-order chi connectivity index (χ1) is 9.88. The van der Waals surface area contributed by atoms with Crippen molar-refractivity contribution >= 4 is 11.6 Å². The van der Waals surface area contributed by atoms with Gasteiger partial charge in [-0.1, -0.05) is 12.1 Å². The number of rotatable bonds is 3. The van der Waals surface area contributed by atoms with Gasteiger partial charge in [-0.3, -0.25) is 9.78 Å². The Kier molecular flexibility index (Phi) is 4.21. The molecule has 110 valence electrons. The number of carbonyl (C=O) groups excluding carboxylic acids is 1. The Labute approximate surface area is 123 Å². The van der Waals surface area contributed by atoms with Crippen LogP contribution in [0.15, 0.2) is 24.4 Å². The molecule has 2 aromatic rings. The molecule has 1 amide bonds. The normalized spacial score (nSPS) is 10.5. The third kappa shape index (κ3) is 3.37. The quantitative estimate of drug-likeness (QED) is 0.912. The molecule has 1 aromatic carbocycles. The standard InChI is InChI=1S/C16H18FN3O/c1-9-4-12(5-10(2)15(9)17)7-20-16(21)13-8-19-11(3)6-14(13)18/h4-6,8H,7H2,1-3H3,(H2,18,19)(H,20,21). The zero-order valence-electron chi connectivity index (χ0n) is 12.3. The van der Waals surface area contributed by atoms with Crippen molar-refractivity contribution < 1.29 is 9.18 Å². The van der Waals surface area contributed by atoms with E-state index in [1.165, 1.54) is 6.20 Å². The van der Waals surface area contributed by atoms with E-state index in [1.807, 2.05) is 6.92 Å². The van der Waals surface area contributed by atoms with Gasteiger partial charge in [-0.05, 0) is 43.5 Å². The summed E-state index contributed by atoms with van der Waals surface area (Å²) >= 11 is 0. The van der Waals surface area contributed by atoms with Crippen molar-refractivity contribution in [1.29, 1.82) is 0 Å². The van der Waals surface area contributed by atoms with E-state index in [0.29, 0.717) is 28.9 Å². The van der Waals surface area contributed by atoms with Gasteiger partial charge < -0.3 is 11.1 Å². The van der Waals surface area contributed by atoms with E-state index < -0.39 is 0 Å². The summed E-state index contributed by atoms with van der Waals surface area (Å²) in [5, 5.41) is 2.77. The zero-order valence-corrected chi connectivity index (χ0v) is 12.3. The Morgan fingerprint density at radius 3 is 2.43 bits per heavy atom. The number of nitrogens with zero attached hydrogens (tertiary/aromatic N) is 1. The Balaban J connectivity index is 2.11. The average Bonchev–Trinajstić information content (AvgIpc) is 2.42. The lowest BCUT2D eigenvalue weighted by Gasteiger charge is -2.10. The Morgan fingerprint density at radius 1 is 1.24 bits per heavy atom. The Hall–Kier alpha value is -2.43. The van der Waals surface area contributed by atoms with E-state index in [1.54, 1.807) is 32.0 Å². The predicted octanol–water partition coefficient (Wildman–Crippen LogP) is 2.66. The fourth-order valence-electron chi connectivity index (χ4n) is 2.19. The summed E-state index contributed by atoms with van der Waals surface area (Å²) < 4.78 is 13.6. The molecule has 0 aliphatic heterocycles. The summed E-state index contributed by atoms with van der Waals surface area (Å²) in [6.45, 7) is 5.53. The molecule has 0 bridgehead atoms. The largest absolute Gasteiger partial charge is 0.398 e. The number of nitrogen functional groups attached to an aromatic ring is 1. The van der Waals surface area contributed by atoms with Gasteiger partial charge in [-0.15, -0.1) is 0 Å². The van der Waals surface area contributed by atoms with Gasteiger partial charge >= 0.3 is 0 Å². The highest BCUT2D eigenvalue weighted by molar-refractivity contribution is 5.98. The highest BCUT2D eigenvalue weighted by atomic mass is 19.1. The highest BCUT2D eigenvalue weighted by Crippen LogP contribution is 2.15. The number of aromatic nitrogens is 1. The first-order valence-electron chi connectivity index (χ1n) is 6.64. The van der Waals surface area contributed by atoms with E-state index in [0.717, 1.165) is 11.3 Å². The number of nitrogens with two attached hydrogens (primary N) is 1. The highest BCUT2D eigenvalue weighted by Gasteiger charge is 2.11. The number of nitrogens with one attached hydrogen (secondary N) is 1. The third-order valence-corrected chi connectivity index (χ3v) is 3.27. The number of hydrogen-bond acceptors (Lipinski definition) is 3. The zero-order chi connectivity index (χ0) is 15.6. The van der Waals surface area contributed by atoms with Crippen LogP contribution in [0.25, 0.3) is 0 Å². The first kappa shape index (κ1) is 15.0. The maximum Gasteiger partial charge on any atom is 0.255 e. The molecular formula is C16H18FN3O. The second kappa shape index (κ2) is 5.91. The fourth-order valence-corrected chi connectivity index (χ4v) is 2.19. The van der Waals surface area contributed by atoms with Crippen LogP contribution in [-0.4, -0.2) is 10.9 Å². The smallest absolute Gasteiger partial charge is 0.255 e. The van der Waals surface area contributed by atoms with Crippen LogP contribution >= 0.6 is 0 Å². The van der Waals surface area contributed by atoms with Gasteiger partial charge in [-0.2, -0.15) is 0 Å². The van der Waals surface area contributed by atoms with E-state index in [4.69, 9.17) is 5.73 Å². The molecule has 0 radical (unpaired) electrons. The van der Waals surface area contributed by atoms with Crippen molar-refractivity contribution in [2.24, 2.45) is 0 Å². The Bertz CT molecular complexity index is 675. The lowest BCUT2D eigenvalue weighted by molar-refractivity contribution is 0.0951. The third-order valence-electron chi connectivity index (χ3n) is 3.27. The molecule has 2 rings (SSSR count). The lowest BCUT2D eigenvalue weighted by Crippen LogP contribution is -2.24. The maximum absolute atomic E-state index is 13.6. The van der Waals surface area contributed by atoms with Gasteiger partial charge in [0.1, 0.15) is 5.82 Å². The van der Waals surface area contributed by atoms with Gasteiger partial charge in [0.15, 0.2) is 0 Å². The van der Waals surface area contributed by atoms with Crippen molar-refractivity contribution in [3.05, 3.63) is 58.2 Å². The number of halogens is 1. The van der Waals surface area contributed by atoms with Gasteiger partial charge in [0.05, 0.1) is 5.56 Å². The van der Waals surface area contributed by atoms with Crippen LogP contribution in [0.4, 0.5) is 10.1 Å². The van der Waals surface area contributed by atoms with Crippen molar-refractivity contribution in [1.82, 2.24) is 10.3 Å². The molecule has 0 atom stereocenters. The van der Waals surface area contributed by atoms with Crippen molar-refractivity contribution in [2.75, 3.05) is 5.73 Å². The summed E-state index contributed by atoms with van der Waals surface area (Å²) in [7, 11) is 0. The van der Waals surface area contributed by atoms with Crippen molar-refractivity contribution in [3.8, 4) is 0 Å². The number of anilines is 1. The van der Waals surface area contributed by atoms with Crippen molar-refractivity contribution in [2.45, 2.75) is 27.3 Å². The summed E-state index contributed by atoms with van der Waals surface area (Å²) in [5.74, 6) is -0.503. The van der Waals surface area contributed by atoms with Gasteiger partial charge in [0.2, 0.25) is 0 Å². The number of benzene rings is 1. The van der Waals surface area contributed by atoms with E-state index >= 15 is 0 Å². The summed E-state index contributed by atoms with van der Waals surface area (Å²) in [6, 6.07) is 5.10. The van der Waals surface area contributed by atoms with E-state index in [2.05, 4.69) is 10.3 Å². The average molecular weight is 287 g/mol. The maximum atomic E-state index is 13.6. The SMILES string of the molecule is Cc1cc(N)c(C(=O)NCc2cc(C)c(F)c(C)c2)cn1. The molecule has 5 heteroatoms. The molecule has 21 heavy (non-hydrogen) atoms. The number of aryl methyl sites for hydroxylation is 3. The van der Waals surface area contributed by atoms with E-state index in [9.17, 15) is 9.18 Å². The molecule has 0 aliphatic rings. The number of amides is 1. The number of carbonyl (C=O) groups is 1. The van der Waals surface area contributed by atoms with Crippen LogP contribution in [0.1, 0.15) is 32.7 Å². The van der Waals surface area contributed by atoms with Crippen molar-refractivity contribution in [3.63, 3.8) is 0 Å². The van der Waals surface area contributed by atoms with Gasteiger partial charge in [-0.25, -0.2) is 4.39 Å². The molecule has 0 aliphatic carbocycles. The number of hydrogen-bond donors (Lipinski definition) is 2. The van der Waals surface area contributed by atoms with Crippen LogP contribution in [0.2, 0.25) is 0 Å². The molecule has 0 unspecified atom stereocenters. The molecule has 0 saturated heterocycles. The molecule has 0 spiro atoms. The fraction of sp³-hybridized carbons (Fsp3) is 0.250. The van der Waals surface area contributed by atoms with Crippen LogP contribution in [-0.2, 0) is 6.54 Å². The summed E-state index contributed by atoms with van der Waals surface area (Å²) in [5.41, 5.74) is 9.28. The molecule has 3 N–H and O–H groups in total. The summed E-state index contributed by atoms with van der Waals surface area (Å²) in [4.78, 5) is 16.1. The summed E-state index contributed by atoms with van der Waals surface area (Å²) in [6.07, 6.45) is 1.46. The second-order valence-electron chi connectivity index (χ2n) is 5.14. The van der Waals surface area contributed by atoms with Crippen LogP contribution in [0.3, 0.4) is 0 Å². The Morgan fingerprint density at radius 2 is 1.86 bits per heavy atom. The van der Waals surface area contributed by atoms with Crippen LogP contribution in [0.5, 0.6) is 0 Å². The monoisotopic (exact) mass is 287 g/mol. The number of pyridine rings is 1. The van der Waals surface area contributed by atoms with Crippen LogP contribution < -0.4 is 11.1 Å². The minimum absolute atomic E-state index is 0.211. The second-order valence-corrected chi connectivity index (χ2v) is 5.14. The molecular weight excluding hydrogens is 269 g/mol. The lowest BCUT2D eigenvalue weighted by atomic mass is 10.1. The van der Waals surface area contributed by atoms with Gasteiger partial charge in [0.25, 0.3) is 5.91 Å². The molecule has 1 aromatic heterocycles. The predicted molar refractivity (Wildman–Crippen MR) is 80.4 cm³/mol. The molecule has 0 fully saturated rings. The molecule has 1 heterocycles.